The van der Waals surface area contributed by atoms with Gasteiger partial charge in [-0.25, -0.2) is 4.98 Å². The third-order valence-corrected chi connectivity index (χ3v) is 22.6. The van der Waals surface area contributed by atoms with Gasteiger partial charge < -0.3 is 4.74 Å². The Morgan fingerprint density at radius 1 is 0.402 bits per heavy atom. The van der Waals surface area contributed by atoms with Gasteiger partial charge in [0.2, 0.25) is 0 Å². The highest BCUT2D eigenvalue weighted by atomic mass is 16.5. The van der Waals surface area contributed by atoms with E-state index in [1.165, 1.54) is 18.2 Å². The van der Waals surface area contributed by atoms with Crippen molar-refractivity contribution in [1.29, 1.82) is 0 Å². The highest BCUT2D eigenvalue weighted by molar-refractivity contribution is 6.12. The van der Waals surface area contributed by atoms with Crippen LogP contribution in [0.3, 0.4) is 0 Å². The van der Waals surface area contributed by atoms with Crippen LogP contribution >= 0.6 is 0 Å². The summed E-state index contributed by atoms with van der Waals surface area (Å²) in [6.07, 6.45) is 3.50. The predicted octanol–water partition coefficient (Wildman–Crippen LogP) is 26.0. The fraction of sp³-hybridized carbons (Fsp3) is 0.176. The highest BCUT2D eigenvalue weighted by Gasteiger charge is 2.44. The first kappa shape index (κ1) is 44.1. The Kier molecular flexibility index (Phi) is 9.82. The van der Waals surface area contributed by atoms with Gasteiger partial charge in [0.25, 0.3) is 6.33 Å². The molecule has 5 nitrogen and oxygen atoms in total. The van der Waals surface area contributed by atoms with Crippen molar-refractivity contribution in [3.63, 3.8) is 0 Å². The van der Waals surface area contributed by atoms with Crippen LogP contribution in [-0.2, 0) is 27.1 Å². The first-order valence-corrected chi connectivity index (χ1v) is 35.9. The third kappa shape index (κ3) is 10.0. The number of aryl methyl sites for hydroxylation is 2. The molecule has 1 aliphatic heterocycles. The van der Waals surface area contributed by atoms with Gasteiger partial charge in [0.1, 0.15) is 28.7 Å². The van der Waals surface area contributed by atoms with E-state index >= 15 is 0 Å². The molecule has 4 heterocycles. The second kappa shape index (κ2) is 23.8. The molecule has 0 saturated carbocycles. The Labute approximate surface area is 663 Å². The van der Waals surface area contributed by atoms with Crippen molar-refractivity contribution in [1.82, 2.24) is 14.1 Å². The Balaban J connectivity index is 0.952. The summed E-state index contributed by atoms with van der Waals surface area (Å²) in [5.74, 6) is 1.18. The van der Waals surface area contributed by atoms with Gasteiger partial charge >= 0.3 is 0 Å². The SMILES string of the molecule is [2H]c1c([2H])c([2H])c(-c2ccc3c(c2)c2ccc(Oc4cccc(-n5c[n+]6c7c(c(-c8c(C([2H])([2H])[2H])cccc8C([2H])([2H])[2H])ccc75)-c5ccccc5-c5ccccc5-c5c(-c7c([2H])c([2H])c8c(c7[2H])C(C)(C)c7c([2H])c([2H])c([2H])c([2H])c7C8(C)C)ccc(-c7c([2H])c([2H])c8c(c7[2H])C(C)(C)c7c([2H])c([2H])c([2H])c([2H])c7C8(C)C)c5-6)c4)cc2n3-c2cc(C(C)(C)C)ccn2)c([2H])c1[2H]. The van der Waals surface area contributed by atoms with Crippen LogP contribution in [0.25, 0.3) is 128 Å². The molecule has 520 valence electrons. The summed E-state index contributed by atoms with van der Waals surface area (Å²) in [4.78, 5) is 4.94. The Morgan fingerprint density at radius 2 is 0.944 bits per heavy atom. The number of hydrogen-bond acceptors (Lipinski definition) is 2. The quantitative estimate of drug-likeness (QED) is 0.142. The zero-order valence-corrected chi connectivity index (χ0v) is 60.9. The fourth-order valence-corrected chi connectivity index (χ4v) is 17.0. The van der Waals surface area contributed by atoms with Gasteiger partial charge in [-0.05, 0) is 220 Å². The molecule has 16 aromatic rings. The number of ether oxygens (including phenoxy) is 1. The Morgan fingerprint density at radius 3 is 1.57 bits per heavy atom. The van der Waals surface area contributed by atoms with Crippen LogP contribution in [0.2, 0.25) is 0 Å². The van der Waals surface area contributed by atoms with E-state index in [4.69, 9.17) is 22.1 Å². The van der Waals surface area contributed by atoms with Gasteiger partial charge in [-0.3, -0.25) is 4.57 Å². The minimum Gasteiger partial charge on any atom is -0.457 e. The number of nitrogens with zero attached hydrogens (tertiary/aromatic N) is 4. The lowest BCUT2D eigenvalue weighted by Gasteiger charge is -2.44. The number of pyridine rings is 1. The molecule has 0 N–H and O–H groups in total. The van der Waals surface area contributed by atoms with E-state index in [0.717, 1.165) is 5.56 Å². The number of imidazole rings is 1. The maximum Gasteiger partial charge on any atom is 0.255 e. The summed E-state index contributed by atoms with van der Waals surface area (Å²) in [5.41, 5.74) is 0.737. The summed E-state index contributed by atoms with van der Waals surface area (Å²) in [7, 11) is 0. The Hall–Kier alpha value is -11.9. The summed E-state index contributed by atoms with van der Waals surface area (Å²) in [6.45, 7) is 14.2. The normalized spacial score (nSPS) is 18.3. The fourth-order valence-electron chi connectivity index (χ4n) is 17.0. The standard InChI is InChI=1S/C102H87N4O/c1-62-27-25-28-63(2)93(62)79-48-52-90-97-95(79)78-36-20-18-34-75(78)74-33-17-19-35-77(74)94-72(66-41-49-85-87(56-66)101(10,11)83-39-23-21-37-81(83)99(85,6)7)46-47-73(67-42-50-86-88(57-67)102(12,13)84-40-24-22-38-82(84)100(86,8)9)96(94)105(97)61-104(90)69-31-26-32-70(59-69)107-71-44-45-76-80-55-65(64-29-15-14-16-30-64)43-51-89(80)106(91(76)60-71)92-58-68(53-54-103-92)98(3,4)5/h14-61H,1-13H3/q+1/i1D3,2D3,14D,15D,16D,21D,22D,23D,24D,29D,30D,37D,38D,39D,40D,41D,42D,49D,50D,56D,57D. The molecule has 5 heteroatoms. The number of rotatable bonds is 8. The molecule has 0 radical (unpaired) electrons. The van der Waals surface area contributed by atoms with Crippen LogP contribution in [-0.4, -0.2) is 14.1 Å². The van der Waals surface area contributed by atoms with Gasteiger partial charge in [0, 0.05) is 75.7 Å². The molecule has 3 aromatic heterocycles. The molecule has 0 spiro atoms. The van der Waals surface area contributed by atoms with E-state index in [2.05, 4.69) is 20.8 Å². The van der Waals surface area contributed by atoms with E-state index in [9.17, 15) is 21.9 Å². The van der Waals surface area contributed by atoms with E-state index in [1.54, 1.807) is 135 Å². The number of hydrogen-bond donors (Lipinski definition) is 0. The molecule has 0 bridgehead atoms. The lowest BCUT2D eigenvalue weighted by molar-refractivity contribution is -0.566. The summed E-state index contributed by atoms with van der Waals surface area (Å²) in [5, 5.41) is 1.38. The molecule has 0 amide bonds. The van der Waals surface area contributed by atoms with Crippen molar-refractivity contribution < 1.29 is 43.6 Å². The summed E-state index contributed by atoms with van der Waals surface area (Å²) < 4.78 is 252. The highest BCUT2D eigenvalue weighted by Crippen LogP contribution is 2.56. The molecule has 19 rings (SSSR count). The molecule has 0 fully saturated rings. The van der Waals surface area contributed by atoms with E-state index in [-0.39, 0.29) is 188 Å². The zero-order chi connectivity index (χ0) is 94.9. The Bertz CT molecular complexity index is 7810. The molecule has 2 aliphatic carbocycles. The van der Waals surface area contributed by atoms with Crippen LogP contribution in [0.4, 0.5) is 0 Å². The van der Waals surface area contributed by atoms with E-state index in [0.29, 0.717) is 72.4 Å². The predicted molar refractivity (Wildman–Crippen MR) is 445 cm³/mol. The monoisotopic (exact) mass is 1410 g/mol. The van der Waals surface area contributed by atoms with Crippen molar-refractivity contribution in [3.8, 4) is 107 Å². The maximum absolute atomic E-state index is 11.2. The molecule has 0 unspecified atom stereocenters. The molecule has 0 saturated heterocycles. The molecule has 13 aromatic carbocycles. The average Bonchev–Trinajstić information content (AvgIpc) is 0.899. The molecule has 0 atom stereocenters. The smallest absolute Gasteiger partial charge is 0.255 e. The van der Waals surface area contributed by atoms with Crippen LogP contribution in [0.1, 0.15) is 172 Å². The van der Waals surface area contributed by atoms with Crippen molar-refractivity contribution in [2.24, 2.45) is 0 Å². The minimum atomic E-state index is -2.97. The average molecular weight is 1410 g/mol. The van der Waals surface area contributed by atoms with Gasteiger partial charge in [-0.15, -0.1) is 0 Å². The topological polar surface area (TPSA) is 35.9 Å². The summed E-state index contributed by atoms with van der Waals surface area (Å²) >= 11 is 0. The number of aromatic nitrogens is 4. The van der Waals surface area contributed by atoms with Gasteiger partial charge in [0.05, 0.1) is 37.1 Å². The second-order valence-corrected chi connectivity index (χ2v) is 31.4. The van der Waals surface area contributed by atoms with Crippen LogP contribution in [0.5, 0.6) is 11.5 Å². The van der Waals surface area contributed by atoms with Gasteiger partial charge in [-0.1, -0.05) is 264 Å². The molecule has 3 aliphatic rings. The molecular weight excluding hydrogens is 1300 g/mol. The van der Waals surface area contributed by atoms with E-state index < -0.39 is 89.7 Å². The zero-order valence-electron chi connectivity index (χ0n) is 85.9. The first-order valence-electron chi connectivity index (χ1n) is 48.4. The van der Waals surface area contributed by atoms with E-state index in [1.807, 2.05) is 92.6 Å². The first-order chi connectivity index (χ1) is 61.9. The minimum absolute atomic E-state index is 0.0273. The van der Waals surface area contributed by atoms with Gasteiger partial charge in [0.15, 0.2) is 11.0 Å². The largest absolute Gasteiger partial charge is 0.457 e. The summed E-state index contributed by atoms with van der Waals surface area (Å²) in [6, 6.07) is 39.8. The van der Waals surface area contributed by atoms with Crippen molar-refractivity contribution in [2.45, 2.75) is 117 Å². The lowest BCUT2D eigenvalue weighted by atomic mass is 9.59. The maximum atomic E-state index is 11.2. The second-order valence-electron chi connectivity index (χ2n) is 31.4. The number of benzene rings is 13. The van der Waals surface area contributed by atoms with Crippen LogP contribution < -0.4 is 9.30 Å². The lowest BCUT2D eigenvalue weighted by Crippen LogP contribution is -2.36. The van der Waals surface area contributed by atoms with Crippen LogP contribution in [0, 0.1) is 13.7 Å². The van der Waals surface area contributed by atoms with Gasteiger partial charge in [-0.2, -0.15) is 9.13 Å². The number of fused-ring (bicyclic) bond motifs is 14. The molecular formula is C102H87N4O+. The van der Waals surface area contributed by atoms with Crippen LogP contribution in [0.15, 0.2) is 291 Å². The third-order valence-electron chi connectivity index (χ3n) is 22.6. The van der Waals surface area contributed by atoms with Crippen molar-refractivity contribution >= 4 is 32.8 Å². The van der Waals surface area contributed by atoms with Crippen molar-refractivity contribution in [2.75, 3.05) is 0 Å². The molecule has 107 heavy (non-hydrogen) atoms. The van der Waals surface area contributed by atoms with Crippen molar-refractivity contribution in [3.05, 3.63) is 352 Å².